The Balaban J connectivity index is 0.798. The summed E-state index contributed by atoms with van der Waals surface area (Å²) in [6.45, 7) is 7.56. The number of hydrogen-bond acceptors (Lipinski definition) is 8. The van der Waals surface area contributed by atoms with Gasteiger partial charge in [-0.1, -0.05) is 44.2 Å². The molecule has 56 heavy (non-hydrogen) atoms. The third kappa shape index (κ3) is 7.25. The fraction of sp³-hybridized carbons (Fsp3) is 0.543. The second-order valence-corrected chi connectivity index (χ2v) is 17.3. The highest BCUT2D eigenvalue weighted by Gasteiger charge is 2.40. The van der Waals surface area contributed by atoms with Crippen molar-refractivity contribution >= 4 is 29.1 Å². The van der Waals surface area contributed by atoms with Crippen molar-refractivity contribution in [1.82, 2.24) is 15.1 Å². The maximum Gasteiger partial charge on any atom is 0.255 e. The van der Waals surface area contributed by atoms with Crippen LogP contribution in [0.4, 0.5) is 11.4 Å². The van der Waals surface area contributed by atoms with E-state index in [4.69, 9.17) is 4.74 Å². The first-order chi connectivity index (χ1) is 27.3. The van der Waals surface area contributed by atoms with E-state index < -0.39 is 6.04 Å². The zero-order valence-corrected chi connectivity index (χ0v) is 32.9. The van der Waals surface area contributed by atoms with Crippen molar-refractivity contribution in [2.45, 2.75) is 89.1 Å². The summed E-state index contributed by atoms with van der Waals surface area (Å²) in [4.78, 5) is 46.5. The van der Waals surface area contributed by atoms with Crippen LogP contribution in [0.2, 0.25) is 0 Å². The van der Waals surface area contributed by atoms with Gasteiger partial charge in [0.05, 0.1) is 7.11 Å². The second-order valence-electron chi connectivity index (χ2n) is 17.3. The van der Waals surface area contributed by atoms with Crippen molar-refractivity contribution in [3.05, 3.63) is 82.4 Å². The van der Waals surface area contributed by atoms with Gasteiger partial charge in [-0.15, -0.1) is 0 Å². The van der Waals surface area contributed by atoms with Gasteiger partial charge in [-0.05, 0) is 103 Å². The number of nitrogens with one attached hydrogen (secondary N) is 1. The van der Waals surface area contributed by atoms with Crippen molar-refractivity contribution in [2.24, 2.45) is 17.8 Å². The summed E-state index contributed by atoms with van der Waals surface area (Å²) in [5.74, 6) is 2.91. The van der Waals surface area contributed by atoms with Crippen LogP contribution in [0.5, 0.6) is 11.5 Å². The Morgan fingerprint density at radius 2 is 1.46 bits per heavy atom. The molecule has 0 aromatic heterocycles. The monoisotopic (exact) mass is 759 g/mol. The minimum Gasteiger partial charge on any atom is -0.508 e. The maximum absolute atomic E-state index is 13.2. The summed E-state index contributed by atoms with van der Waals surface area (Å²) >= 11 is 0. The number of ether oxygens (including phenoxy) is 1. The van der Waals surface area contributed by atoms with Crippen LogP contribution in [0.15, 0.2) is 54.6 Å². The molecule has 0 spiro atoms. The fourth-order valence-electron chi connectivity index (χ4n) is 11.1. The Kier molecular flexibility index (Phi) is 10.4. The number of nitrogens with zero attached hydrogens (tertiary/aromatic N) is 4. The summed E-state index contributed by atoms with van der Waals surface area (Å²) in [6, 6.07) is 18.5. The van der Waals surface area contributed by atoms with Crippen LogP contribution in [0.1, 0.15) is 103 Å². The number of phenols is 1. The molecule has 9 rings (SSSR count). The Morgan fingerprint density at radius 1 is 0.732 bits per heavy atom. The first-order valence-corrected chi connectivity index (χ1v) is 21.3. The van der Waals surface area contributed by atoms with Crippen LogP contribution in [0.25, 0.3) is 0 Å². The van der Waals surface area contributed by atoms with E-state index in [0.717, 1.165) is 75.2 Å². The van der Waals surface area contributed by atoms with Gasteiger partial charge in [0.2, 0.25) is 11.8 Å². The van der Waals surface area contributed by atoms with Gasteiger partial charge in [0.15, 0.2) is 0 Å². The normalized spacial score (nSPS) is 25.3. The average molecular weight is 760 g/mol. The third-order valence-corrected chi connectivity index (χ3v) is 14.2. The molecule has 4 aliphatic heterocycles. The van der Waals surface area contributed by atoms with Crippen LogP contribution in [0.3, 0.4) is 0 Å². The van der Waals surface area contributed by atoms with Gasteiger partial charge in [0.1, 0.15) is 17.5 Å². The van der Waals surface area contributed by atoms with Gasteiger partial charge in [-0.3, -0.25) is 24.6 Å². The Labute approximate surface area is 331 Å². The zero-order chi connectivity index (χ0) is 38.3. The molecule has 10 nitrogen and oxygen atoms in total. The number of carbonyl (C=O) groups excluding carboxylic acids is 3. The quantitative estimate of drug-likeness (QED) is 0.252. The lowest BCUT2D eigenvalue weighted by Crippen LogP contribution is -2.52. The molecule has 3 saturated heterocycles. The summed E-state index contributed by atoms with van der Waals surface area (Å²) in [7, 11) is 1.83. The van der Waals surface area contributed by atoms with Crippen LogP contribution < -0.4 is 19.9 Å². The highest BCUT2D eigenvalue weighted by Crippen LogP contribution is 2.51. The van der Waals surface area contributed by atoms with E-state index in [-0.39, 0.29) is 24.1 Å². The van der Waals surface area contributed by atoms with Crippen molar-refractivity contribution < 1.29 is 24.2 Å². The number of methoxy groups -OCH3 is 1. The van der Waals surface area contributed by atoms with Gasteiger partial charge in [-0.25, -0.2) is 0 Å². The molecule has 4 heterocycles. The molecule has 3 amide bonds. The number of rotatable bonds is 8. The van der Waals surface area contributed by atoms with Crippen molar-refractivity contribution in [3.8, 4) is 11.5 Å². The summed E-state index contributed by atoms with van der Waals surface area (Å²) < 4.78 is 6.20. The smallest absolute Gasteiger partial charge is 0.255 e. The molecule has 2 N–H and O–H groups in total. The first-order valence-electron chi connectivity index (χ1n) is 21.3. The van der Waals surface area contributed by atoms with Crippen LogP contribution >= 0.6 is 0 Å². The lowest BCUT2D eigenvalue weighted by atomic mass is 9.64. The second kappa shape index (κ2) is 15.8. The van der Waals surface area contributed by atoms with E-state index in [9.17, 15) is 19.5 Å². The van der Waals surface area contributed by atoms with E-state index in [1.807, 2.05) is 31.4 Å². The van der Waals surface area contributed by atoms with Crippen molar-refractivity contribution in [3.63, 3.8) is 0 Å². The number of fused-ring (bicyclic) bond motifs is 2. The largest absolute Gasteiger partial charge is 0.508 e. The Bertz CT molecular complexity index is 1960. The summed E-state index contributed by atoms with van der Waals surface area (Å²) in [6.07, 6.45) is 11.9. The molecule has 1 saturated carbocycles. The number of amides is 3. The van der Waals surface area contributed by atoms with E-state index in [1.165, 1.54) is 73.7 Å². The topological polar surface area (TPSA) is 106 Å². The van der Waals surface area contributed by atoms with Crippen LogP contribution in [-0.2, 0) is 22.6 Å². The molecule has 2 aliphatic carbocycles. The molecular formula is C46H57N5O5. The third-order valence-electron chi connectivity index (χ3n) is 14.2. The van der Waals surface area contributed by atoms with Crippen molar-refractivity contribution in [2.75, 3.05) is 62.7 Å². The molecule has 296 valence electrons. The lowest BCUT2D eigenvalue weighted by Gasteiger charge is -2.41. The van der Waals surface area contributed by atoms with Gasteiger partial charge < -0.3 is 24.5 Å². The number of piperazine rings is 1. The number of carbonyl (C=O) groups is 3. The SMILES string of the molecule is COc1cc(N2CCC(CN3CCN(c4ccc5c(c4)CN([C@H]4CCC(=O)NC4=O)C5=O)CC3)CC2)ccc1[C@H]1c2ccc(O)cc2CC[C@H]1C1CCCCC1. The molecule has 0 bridgehead atoms. The fourth-order valence-corrected chi connectivity index (χ4v) is 11.1. The molecule has 3 aromatic rings. The lowest BCUT2D eigenvalue weighted by molar-refractivity contribution is -0.136. The Morgan fingerprint density at radius 3 is 2.23 bits per heavy atom. The van der Waals surface area contributed by atoms with E-state index in [1.54, 1.807) is 4.90 Å². The molecule has 3 atom stereocenters. The first kappa shape index (κ1) is 37.0. The molecular weight excluding hydrogens is 703 g/mol. The van der Waals surface area contributed by atoms with E-state index in [0.29, 0.717) is 42.0 Å². The number of phenolic OH excluding ortho intramolecular Hbond substituents is 1. The average Bonchev–Trinajstić information content (AvgIpc) is 3.55. The van der Waals surface area contributed by atoms with E-state index >= 15 is 0 Å². The standard InChI is InChI=1S/C46H57N5O5/c1-56-42-27-35(9-13-40(42)44-37(31-5-3-2-4-6-31)11-7-32-26-36(52)10-14-38(32)44)49-19-17-30(18-20-49)28-48-21-23-50(24-22-48)34-8-12-39-33(25-34)29-51(46(39)55)41-15-16-43(53)47-45(41)54/h8-10,12-14,25-27,30-31,37,41,44,52H,2-7,11,15-24,28-29H2,1H3,(H,47,53,54)/t37-,41-,44+/m0/s1. The maximum atomic E-state index is 13.2. The van der Waals surface area contributed by atoms with Crippen LogP contribution in [0, 0.1) is 17.8 Å². The predicted molar refractivity (Wildman–Crippen MR) is 217 cm³/mol. The van der Waals surface area contributed by atoms with Crippen LogP contribution in [-0.4, -0.2) is 91.6 Å². The van der Waals surface area contributed by atoms with Crippen molar-refractivity contribution in [1.29, 1.82) is 0 Å². The van der Waals surface area contributed by atoms with Gasteiger partial charge in [0.25, 0.3) is 5.91 Å². The highest BCUT2D eigenvalue weighted by molar-refractivity contribution is 6.05. The van der Waals surface area contributed by atoms with Gasteiger partial charge >= 0.3 is 0 Å². The molecule has 0 radical (unpaired) electrons. The molecule has 10 heteroatoms. The predicted octanol–water partition coefficient (Wildman–Crippen LogP) is 6.48. The molecule has 4 fully saturated rings. The number of piperidine rings is 2. The minimum absolute atomic E-state index is 0.121. The number of hydrogen-bond donors (Lipinski definition) is 2. The number of aryl methyl sites for hydroxylation is 1. The number of imide groups is 1. The van der Waals surface area contributed by atoms with E-state index in [2.05, 4.69) is 50.3 Å². The molecule has 0 unspecified atom stereocenters. The molecule has 6 aliphatic rings. The number of anilines is 2. The number of benzene rings is 3. The summed E-state index contributed by atoms with van der Waals surface area (Å²) in [5.41, 5.74) is 7.98. The molecule has 3 aromatic carbocycles. The minimum atomic E-state index is -0.587. The number of aromatic hydroxyl groups is 1. The Hall–Kier alpha value is -4.57. The zero-order valence-electron chi connectivity index (χ0n) is 32.9. The highest BCUT2D eigenvalue weighted by atomic mass is 16.5. The van der Waals surface area contributed by atoms with Gasteiger partial charge in [0, 0.05) is 93.3 Å². The van der Waals surface area contributed by atoms with Gasteiger partial charge in [-0.2, -0.15) is 0 Å². The summed E-state index contributed by atoms with van der Waals surface area (Å²) in [5, 5.41) is 12.7.